The summed E-state index contributed by atoms with van der Waals surface area (Å²) in [5.41, 5.74) is 0. The summed E-state index contributed by atoms with van der Waals surface area (Å²) in [5, 5.41) is 0. The maximum Gasteiger partial charge on any atom is 0.487 e. The first kappa shape index (κ1) is 7.37. The molecule has 0 bridgehead atoms. The quantitative estimate of drug-likeness (QED) is 0.416. The lowest BCUT2D eigenvalue weighted by Crippen LogP contribution is -1.94. The molecule has 2 radical (unpaired) electrons. The van der Waals surface area contributed by atoms with Gasteiger partial charge in [-0.3, -0.25) is 0 Å². The van der Waals surface area contributed by atoms with Crippen LogP contribution in [0.2, 0.25) is 0 Å². The van der Waals surface area contributed by atoms with Gasteiger partial charge >= 0.3 is 15.4 Å². The fraction of sp³-hybridized carbons (Fsp3) is 1.00. The fourth-order valence-corrected chi connectivity index (χ4v) is 0.224. The van der Waals surface area contributed by atoms with E-state index in [0.29, 0.717) is 0 Å². The number of hydrogen-bond donors (Lipinski definition) is 1. The van der Waals surface area contributed by atoms with E-state index in [4.69, 9.17) is 12.5 Å². The molecule has 1 N–H and O–H groups in total. The highest BCUT2D eigenvalue weighted by Gasteiger charge is 2.28. The van der Waals surface area contributed by atoms with Crippen molar-refractivity contribution < 1.29 is 13.9 Å². The zero-order chi connectivity index (χ0) is 5.91. The van der Waals surface area contributed by atoms with Gasteiger partial charge in [-0.2, -0.15) is 9.05 Å². The van der Waals surface area contributed by atoms with Gasteiger partial charge in [0, 0.05) is 0 Å². The van der Waals surface area contributed by atoms with Crippen LogP contribution in [0, 0.1) is 0 Å². The van der Waals surface area contributed by atoms with Crippen LogP contribution in [0.4, 0.5) is 0 Å². The van der Waals surface area contributed by atoms with Crippen molar-refractivity contribution in [2.24, 2.45) is 0 Å². The zero-order valence-corrected chi connectivity index (χ0v) is 5.18. The standard InChI is InChI=1S/C2H7BO3P/c1-5-7(3,4)6-2/h4H,1-2H3/q+1. The first-order valence-corrected chi connectivity index (χ1v) is 3.29. The average molecular weight is 121 g/mol. The SMILES string of the molecule is [B][P+](O)(OC)OC. The van der Waals surface area contributed by atoms with E-state index in [1.54, 1.807) is 0 Å². The summed E-state index contributed by atoms with van der Waals surface area (Å²) in [7, 11) is 4.61. The molecular weight excluding hydrogens is 114 g/mol. The molecule has 0 saturated heterocycles. The van der Waals surface area contributed by atoms with Crippen molar-refractivity contribution in [3.63, 3.8) is 0 Å². The van der Waals surface area contributed by atoms with E-state index in [0.717, 1.165) is 0 Å². The lowest BCUT2D eigenvalue weighted by molar-refractivity contribution is 0.260. The first-order valence-electron chi connectivity index (χ1n) is 1.64. The van der Waals surface area contributed by atoms with Crippen molar-refractivity contribution in [3.8, 4) is 0 Å². The normalized spacial score (nSPS) is 11.9. The van der Waals surface area contributed by atoms with Crippen LogP contribution in [0.25, 0.3) is 0 Å². The van der Waals surface area contributed by atoms with E-state index in [2.05, 4.69) is 9.05 Å². The number of rotatable bonds is 2. The fourth-order valence-electron chi connectivity index (χ4n) is 0.0745. The molecule has 0 unspecified atom stereocenters. The molecule has 0 aromatic rings. The van der Waals surface area contributed by atoms with Gasteiger partial charge < -0.3 is 0 Å². The van der Waals surface area contributed by atoms with Crippen LogP contribution in [0.1, 0.15) is 0 Å². The highest BCUT2D eigenvalue weighted by atomic mass is 31.2. The summed E-state index contributed by atoms with van der Waals surface area (Å²) in [6.07, 6.45) is 0. The second-order valence-electron chi connectivity index (χ2n) is 0.929. The summed E-state index contributed by atoms with van der Waals surface area (Å²) < 4.78 is 8.62. The Morgan fingerprint density at radius 3 is 1.71 bits per heavy atom. The topological polar surface area (TPSA) is 38.7 Å². The molecule has 0 aromatic heterocycles. The van der Waals surface area contributed by atoms with Crippen LogP contribution in [-0.4, -0.2) is 26.7 Å². The molecule has 5 heteroatoms. The van der Waals surface area contributed by atoms with E-state index in [1.807, 2.05) is 0 Å². The van der Waals surface area contributed by atoms with Crippen molar-refractivity contribution in [3.05, 3.63) is 0 Å². The van der Waals surface area contributed by atoms with Gasteiger partial charge in [-0.05, 0) is 0 Å². The molecule has 40 valence electrons. The second-order valence-corrected chi connectivity index (χ2v) is 2.79. The Morgan fingerprint density at radius 1 is 1.43 bits per heavy atom. The molecule has 7 heavy (non-hydrogen) atoms. The third-order valence-corrected chi connectivity index (χ3v) is 1.57. The van der Waals surface area contributed by atoms with Gasteiger partial charge in [0.15, 0.2) is 0 Å². The maximum atomic E-state index is 8.58. The molecule has 0 fully saturated rings. The molecule has 0 heterocycles. The van der Waals surface area contributed by atoms with Gasteiger partial charge in [0.1, 0.15) is 0 Å². The van der Waals surface area contributed by atoms with Gasteiger partial charge in [-0.15, -0.1) is 0 Å². The Bertz CT molecular complexity index is 50.9. The molecule has 0 aliphatic rings. The second kappa shape index (κ2) is 2.63. The van der Waals surface area contributed by atoms with Gasteiger partial charge in [0.05, 0.1) is 14.2 Å². The van der Waals surface area contributed by atoms with Crippen LogP contribution in [0.15, 0.2) is 0 Å². The van der Waals surface area contributed by atoms with E-state index in [9.17, 15) is 0 Å². The van der Waals surface area contributed by atoms with Crippen molar-refractivity contribution >= 4 is 15.4 Å². The summed E-state index contributed by atoms with van der Waals surface area (Å²) in [5.74, 6) is 0. The molecule has 0 aliphatic carbocycles. The van der Waals surface area contributed by atoms with Crippen LogP contribution in [0.5, 0.6) is 0 Å². The monoisotopic (exact) mass is 121 g/mol. The van der Waals surface area contributed by atoms with Crippen molar-refractivity contribution in [1.29, 1.82) is 0 Å². The predicted octanol–water partition coefficient (Wildman–Crippen LogP) is 0.118. The molecule has 3 nitrogen and oxygen atoms in total. The first-order chi connectivity index (χ1) is 3.12. The minimum atomic E-state index is -2.90. The van der Waals surface area contributed by atoms with Crippen molar-refractivity contribution in [2.75, 3.05) is 14.2 Å². The van der Waals surface area contributed by atoms with Crippen LogP contribution in [0.3, 0.4) is 0 Å². The van der Waals surface area contributed by atoms with E-state index in [-0.39, 0.29) is 0 Å². The molecular formula is C2H7BO3P+. The highest BCUT2D eigenvalue weighted by Crippen LogP contribution is 2.49. The van der Waals surface area contributed by atoms with Gasteiger partial charge in [0.2, 0.25) is 0 Å². The van der Waals surface area contributed by atoms with E-state index in [1.165, 1.54) is 14.2 Å². The number of hydrogen-bond acceptors (Lipinski definition) is 3. The molecule has 0 atom stereocenters. The predicted molar refractivity (Wildman–Crippen MR) is 28.9 cm³/mol. The lowest BCUT2D eigenvalue weighted by atomic mass is 10.8. The summed E-state index contributed by atoms with van der Waals surface area (Å²) >= 11 is 0. The summed E-state index contributed by atoms with van der Waals surface area (Å²) in [6, 6.07) is 0. The molecule has 0 rings (SSSR count). The van der Waals surface area contributed by atoms with Gasteiger partial charge in [-0.25, -0.2) is 4.89 Å². The molecule has 0 aliphatic heterocycles. The zero-order valence-electron chi connectivity index (χ0n) is 4.29. The largest absolute Gasteiger partial charge is 0.487 e. The molecule has 0 amide bonds. The van der Waals surface area contributed by atoms with Gasteiger partial charge in [0.25, 0.3) is 0 Å². The summed E-state index contributed by atoms with van der Waals surface area (Å²) in [6.45, 7) is 0. The Balaban J connectivity index is 3.36. The third-order valence-electron chi connectivity index (χ3n) is 0.523. The van der Waals surface area contributed by atoms with E-state index >= 15 is 0 Å². The van der Waals surface area contributed by atoms with Crippen LogP contribution >= 0.6 is 7.82 Å². The lowest BCUT2D eigenvalue weighted by Gasteiger charge is -2.05. The molecule has 0 saturated carbocycles. The van der Waals surface area contributed by atoms with Crippen LogP contribution in [-0.2, 0) is 9.05 Å². The third kappa shape index (κ3) is 3.00. The molecule has 0 spiro atoms. The van der Waals surface area contributed by atoms with Crippen molar-refractivity contribution in [2.45, 2.75) is 0 Å². The smallest absolute Gasteiger partial charge is 0.209 e. The van der Waals surface area contributed by atoms with Crippen molar-refractivity contribution in [1.82, 2.24) is 0 Å². The van der Waals surface area contributed by atoms with E-state index < -0.39 is 7.82 Å². The summed E-state index contributed by atoms with van der Waals surface area (Å²) in [4.78, 5) is 8.58. The Hall–Kier alpha value is 0.375. The molecule has 0 aromatic carbocycles. The minimum absolute atomic E-state index is 1.29. The Morgan fingerprint density at radius 2 is 1.71 bits per heavy atom. The Labute approximate surface area is 44.6 Å². The van der Waals surface area contributed by atoms with Gasteiger partial charge in [-0.1, -0.05) is 0 Å². The highest BCUT2D eigenvalue weighted by molar-refractivity contribution is 7.85. The minimum Gasteiger partial charge on any atom is -0.209 e. The maximum absolute atomic E-state index is 8.58. The Kier molecular flexibility index (Phi) is 2.77. The average Bonchev–Trinajstić information content (AvgIpc) is 1.68. The van der Waals surface area contributed by atoms with Crippen LogP contribution < -0.4 is 0 Å².